The van der Waals surface area contributed by atoms with Crippen LogP contribution in [0.1, 0.15) is 29.6 Å². The minimum atomic E-state index is 0.562. The van der Waals surface area contributed by atoms with Gasteiger partial charge >= 0.3 is 0 Å². The molecular formula is C33H28N8. The highest BCUT2D eigenvalue weighted by molar-refractivity contribution is 5.97. The first-order chi connectivity index (χ1) is 20.1. The Morgan fingerprint density at radius 1 is 0.829 bits per heavy atom. The van der Waals surface area contributed by atoms with Gasteiger partial charge < -0.3 is 4.57 Å². The molecule has 0 saturated heterocycles. The van der Waals surface area contributed by atoms with E-state index in [1.165, 1.54) is 5.56 Å². The van der Waals surface area contributed by atoms with E-state index in [1.807, 2.05) is 19.3 Å². The predicted molar refractivity (Wildman–Crippen MR) is 161 cm³/mol. The molecule has 8 heteroatoms. The highest BCUT2D eigenvalue weighted by Crippen LogP contribution is 2.36. The zero-order chi connectivity index (χ0) is 27.9. The molecule has 200 valence electrons. The summed E-state index contributed by atoms with van der Waals surface area (Å²) in [5, 5.41) is 17.2. The molecule has 0 atom stereocenters. The predicted octanol–water partition coefficient (Wildman–Crippen LogP) is 6.72. The number of rotatable bonds is 6. The number of nitrogens with one attached hydrogen (secondary N) is 1. The van der Waals surface area contributed by atoms with Crippen LogP contribution in [-0.4, -0.2) is 40.1 Å². The largest absolute Gasteiger partial charge is 0.308 e. The monoisotopic (exact) mass is 536 g/mol. The number of fused-ring (bicyclic) bond motifs is 2. The fraction of sp³-hybridized carbons (Fsp3) is 0.152. The molecule has 1 N–H and O–H groups in total. The van der Waals surface area contributed by atoms with E-state index in [9.17, 15) is 0 Å². The lowest BCUT2D eigenvalue weighted by molar-refractivity contribution is 0.745. The quantitative estimate of drug-likeness (QED) is 0.253. The first-order valence-electron chi connectivity index (χ1n) is 13.7. The second kappa shape index (κ2) is 10.1. The summed E-state index contributed by atoms with van der Waals surface area (Å²) in [7, 11) is 0. The van der Waals surface area contributed by atoms with E-state index in [2.05, 4.69) is 117 Å². The Hall–Kier alpha value is -5.24. The molecule has 4 heterocycles. The minimum Gasteiger partial charge on any atom is -0.308 e. The zero-order valence-electron chi connectivity index (χ0n) is 23.1. The van der Waals surface area contributed by atoms with E-state index < -0.39 is 0 Å². The molecule has 7 aromatic rings. The van der Waals surface area contributed by atoms with Gasteiger partial charge in [-0.05, 0) is 82.1 Å². The van der Waals surface area contributed by atoms with Crippen molar-refractivity contribution in [1.82, 2.24) is 40.1 Å². The van der Waals surface area contributed by atoms with Crippen molar-refractivity contribution in [1.29, 1.82) is 0 Å². The van der Waals surface area contributed by atoms with Gasteiger partial charge in [0.1, 0.15) is 11.3 Å². The molecule has 0 saturated carbocycles. The van der Waals surface area contributed by atoms with Crippen LogP contribution in [0.15, 0.2) is 85.2 Å². The van der Waals surface area contributed by atoms with Crippen molar-refractivity contribution >= 4 is 21.9 Å². The summed E-state index contributed by atoms with van der Waals surface area (Å²) >= 11 is 0. The van der Waals surface area contributed by atoms with Crippen molar-refractivity contribution in [3.63, 3.8) is 0 Å². The Morgan fingerprint density at radius 2 is 1.68 bits per heavy atom. The van der Waals surface area contributed by atoms with E-state index in [0.717, 1.165) is 73.3 Å². The number of hydrogen-bond acceptors (Lipinski definition) is 6. The molecule has 0 fully saturated rings. The Kier molecular flexibility index (Phi) is 6.08. The fourth-order valence-corrected chi connectivity index (χ4v) is 5.65. The highest BCUT2D eigenvalue weighted by Gasteiger charge is 2.16. The molecule has 0 radical (unpaired) electrons. The average molecular weight is 537 g/mol. The molecule has 0 amide bonds. The van der Waals surface area contributed by atoms with Gasteiger partial charge in [0.05, 0.1) is 6.54 Å². The van der Waals surface area contributed by atoms with Gasteiger partial charge in [-0.25, -0.2) is 9.97 Å². The van der Waals surface area contributed by atoms with Gasteiger partial charge in [-0.2, -0.15) is 5.21 Å². The Bertz CT molecular complexity index is 2020. The first-order valence-corrected chi connectivity index (χ1v) is 13.7. The number of benzene rings is 3. The summed E-state index contributed by atoms with van der Waals surface area (Å²) in [6.07, 6.45) is 4.58. The van der Waals surface area contributed by atoms with Crippen molar-refractivity contribution < 1.29 is 0 Å². The molecule has 0 aliphatic heterocycles. The van der Waals surface area contributed by atoms with Crippen LogP contribution in [0.2, 0.25) is 0 Å². The number of aromatic nitrogens is 8. The molecular weight excluding hydrogens is 508 g/mol. The fourth-order valence-electron chi connectivity index (χ4n) is 5.65. The van der Waals surface area contributed by atoms with E-state index in [4.69, 9.17) is 9.97 Å². The van der Waals surface area contributed by atoms with Gasteiger partial charge in [-0.1, -0.05) is 55.5 Å². The molecule has 4 aromatic heterocycles. The smallest absolute Gasteiger partial charge is 0.205 e. The third kappa shape index (κ3) is 4.43. The van der Waals surface area contributed by atoms with Crippen molar-refractivity contribution in [2.45, 2.75) is 33.7 Å². The van der Waals surface area contributed by atoms with Crippen LogP contribution in [-0.2, 0) is 13.0 Å². The second-order valence-electron chi connectivity index (χ2n) is 10.3. The average Bonchev–Trinajstić information content (AvgIpc) is 3.66. The number of aromatic amines is 1. The molecule has 41 heavy (non-hydrogen) atoms. The standard InChI is InChI=1S/C33H28N8/c1-4-30-36-31-20(2)16-21(3)35-33(31)41(30)19-22-8-10-23(11-9-22)29-17-24(12-13-28(29)32-37-39-40-38-32)26-7-5-6-25-18-34-15-14-27(25)26/h5-18H,4,19H2,1-3H3,(H,37,38,39,40). The maximum atomic E-state index is 4.91. The summed E-state index contributed by atoms with van der Waals surface area (Å²) < 4.78 is 2.24. The van der Waals surface area contributed by atoms with Crippen molar-refractivity contribution in [2.75, 3.05) is 0 Å². The number of pyridine rings is 2. The Labute approximate surface area is 237 Å². The van der Waals surface area contributed by atoms with Crippen molar-refractivity contribution in [2.24, 2.45) is 0 Å². The van der Waals surface area contributed by atoms with Crippen LogP contribution in [0.4, 0.5) is 0 Å². The Morgan fingerprint density at radius 3 is 2.49 bits per heavy atom. The third-order valence-corrected chi connectivity index (χ3v) is 7.62. The topological polar surface area (TPSA) is 98.1 Å². The van der Waals surface area contributed by atoms with Crippen molar-refractivity contribution in [3.8, 4) is 33.6 Å². The van der Waals surface area contributed by atoms with Gasteiger partial charge in [0.2, 0.25) is 5.82 Å². The maximum Gasteiger partial charge on any atom is 0.205 e. The number of hydrogen-bond donors (Lipinski definition) is 1. The van der Waals surface area contributed by atoms with Crippen LogP contribution in [0.25, 0.3) is 55.6 Å². The molecule has 0 aliphatic rings. The number of aryl methyl sites for hydroxylation is 3. The van der Waals surface area contributed by atoms with E-state index in [-0.39, 0.29) is 0 Å². The lowest BCUT2D eigenvalue weighted by Gasteiger charge is -2.13. The number of H-pyrrole nitrogens is 1. The molecule has 0 unspecified atom stereocenters. The van der Waals surface area contributed by atoms with Crippen LogP contribution in [0, 0.1) is 13.8 Å². The summed E-state index contributed by atoms with van der Waals surface area (Å²) in [5.41, 5.74) is 10.6. The molecule has 8 nitrogen and oxygen atoms in total. The zero-order valence-corrected chi connectivity index (χ0v) is 23.1. The van der Waals surface area contributed by atoms with Crippen LogP contribution < -0.4 is 0 Å². The molecule has 0 bridgehead atoms. The van der Waals surface area contributed by atoms with Crippen molar-refractivity contribution in [3.05, 3.63) is 108 Å². The number of nitrogens with zero attached hydrogens (tertiary/aromatic N) is 7. The maximum absolute atomic E-state index is 4.91. The molecule has 3 aromatic carbocycles. The summed E-state index contributed by atoms with van der Waals surface area (Å²) in [6, 6.07) is 25.6. The minimum absolute atomic E-state index is 0.562. The van der Waals surface area contributed by atoms with E-state index in [1.54, 1.807) is 0 Å². The highest BCUT2D eigenvalue weighted by atomic mass is 15.5. The second-order valence-corrected chi connectivity index (χ2v) is 10.3. The third-order valence-electron chi connectivity index (χ3n) is 7.62. The Balaban J connectivity index is 1.30. The lowest BCUT2D eigenvalue weighted by Crippen LogP contribution is -2.05. The van der Waals surface area contributed by atoms with Gasteiger partial charge in [0.15, 0.2) is 5.65 Å². The van der Waals surface area contributed by atoms with E-state index in [0.29, 0.717) is 12.4 Å². The van der Waals surface area contributed by atoms with Gasteiger partial charge in [-0.3, -0.25) is 4.98 Å². The first kappa shape index (κ1) is 24.8. The normalized spacial score (nSPS) is 11.5. The van der Waals surface area contributed by atoms with Crippen LogP contribution in [0.3, 0.4) is 0 Å². The summed E-state index contributed by atoms with van der Waals surface area (Å²) in [5.74, 6) is 1.61. The van der Waals surface area contributed by atoms with Crippen LogP contribution in [0.5, 0.6) is 0 Å². The van der Waals surface area contributed by atoms with Gasteiger partial charge in [0, 0.05) is 35.5 Å². The van der Waals surface area contributed by atoms with Crippen LogP contribution >= 0.6 is 0 Å². The molecule has 7 rings (SSSR count). The SMILES string of the molecule is CCc1nc2c(C)cc(C)nc2n1Cc1ccc(-c2cc(-c3cccc4cnccc34)ccc2-c2nn[nH]n2)cc1. The molecule has 0 spiro atoms. The number of tetrazole rings is 1. The number of imidazole rings is 1. The van der Waals surface area contributed by atoms with Gasteiger partial charge in [-0.15, -0.1) is 10.2 Å². The summed E-state index contributed by atoms with van der Waals surface area (Å²) in [6.45, 7) is 6.99. The van der Waals surface area contributed by atoms with E-state index >= 15 is 0 Å². The molecule has 0 aliphatic carbocycles. The summed E-state index contributed by atoms with van der Waals surface area (Å²) in [4.78, 5) is 14.0. The van der Waals surface area contributed by atoms with Gasteiger partial charge in [0.25, 0.3) is 0 Å². The lowest BCUT2D eigenvalue weighted by atomic mass is 9.92.